The first-order valence-corrected chi connectivity index (χ1v) is 6.75. The van der Waals surface area contributed by atoms with Crippen LogP contribution in [0.4, 0.5) is 5.95 Å². The summed E-state index contributed by atoms with van der Waals surface area (Å²) in [5.41, 5.74) is 1.98. The van der Waals surface area contributed by atoms with Crippen LogP contribution in [0.2, 0.25) is 0 Å². The van der Waals surface area contributed by atoms with E-state index < -0.39 is 0 Å². The minimum Gasteiger partial charge on any atom is -0.351 e. The highest BCUT2D eigenvalue weighted by atomic mass is 79.9. The molecule has 0 aromatic carbocycles. The summed E-state index contributed by atoms with van der Waals surface area (Å²) in [5.74, 6) is 0.627. The van der Waals surface area contributed by atoms with E-state index in [-0.39, 0.29) is 0 Å². The van der Waals surface area contributed by atoms with E-state index in [0.29, 0.717) is 5.95 Å². The minimum absolute atomic E-state index is 0.627. The van der Waals surface area contributed by atoms with Gasteiger partial charge in [0.15, 0.2) is 5.65 Å². The van der Waals surface area contributed by atoms with Crippen molar-refractivity contribution in [3.8, 4) is 0 Å². The van der Waals surface area contributed by atoms with E-state index in [1.165, 1.54) is 0 Å². The van der Waals surface area contributed by atoms with Gasteiger partial charge >= 0.3 is 0 Å². The van der Waals surface area contributed by atoms with Gasteiger partial charge in [-0.25, -0.2) is 4.52 Å². The zero-order chi connectivity index (χ0) is 13.2. The molecule has 19 heavy (non-hydrogen) atoms. The predicted octanol–water partition coefficient (Wildman–Crippen LogP) is 2.11. The maximum atomic E-state index is 4.38. The molecule has 0 amide bonds. The highest BCUT2D eigenvalue weighted by molar-refractivity contribution is 9.10. The normalized spacial score (nSPS) is 11.1. The summed E-state index contributed by atoms with van der Waals surface area (Å²) >= 11 is 3.41. The van der Waals surface area contributed by atoms with Gasteiger partial charge in [-0.1, -0.05) is 0 Å². The summed E-state index contributed by atoms with van der Waals surface area (Å²) in [7, 11) is 0. The fraction of sp³-hybridized carbons (Fsp3) is 0.250. The molecule has 0 saturated carbocycles. The summed E-state index contributed by atoms with van der Waals surface area (Å²) in [6.07, 6.45) is 5.74. The molecule has 0 atom stereocenters. The second-order valence-electron chi connectivity index (χ2n) is 4.29. The lowest BCUT2D eigenvalue weighted by atomic mass is 10.4. The molecule has 1 N–H and O–H groups in total. The van der Waals surface area contributed by atoms with Crippen molar-refractivity contribution in [2.75, 3.05) is 11.9 Å². The summed E-state index contributed by atoms with van der Waals surface area (Å²) in [5, 5.41) is 11.8. The number of nitrogens with one attached hydrogen (secondary N) is 1. The third-order valence-electron chi connectivity index (χ3n) is 2.68. The first-order chi connectivity index (χ1) is 9.20. The van der Waals surface area contributed by atoms with Crippen molar-refractivity contribution < 1.29 is 0 Å². The Morgan fingerprint density at radius 2 is 2.21 bits per heavy atom. The molecule has 0 fully saturated rings. The van der Waals surface area contributed by atoms with Gasteiger partial charge in [0.05, 0.1) is 12.7 Å². The number of aromatic nitrogens is 5. The number of aryl methyl sites for hydroxylation is 1. The number of fused-ring (bicyclic) bond motifs is 1. The van der Waals surface area contributed by atoms with E-state index in [2.05, 4.69) is 36.4 Å². The Morgan fingerprint density at radius 3 is 3.00 bits per heavy atom. The zero-order valence-electron chi connectivity index (χ0n) is 10.4. The SMILES string of the molecule is Cc1cnn(CCNc2nc3ccc(Br)cn3n2)c1. The average Bonchev–Trinajstić information content (AvgIpc) is 2.95. The van der Waals surface area contributed by atoms with E-state index >= 15 is 0 Å². The maximum absolute atomic E-state index is 4.38. The van der Waals surface area contributed by atoms with Gasteiger partial charge in [-0.15, -0.1) is 5.10 Å². The summed E-state index contributed by atoms with van der Waals surface area (Å²) < 4.78 is 4.61. The van der Waals surface area contributed by atoms with Crippen LogP contribution in [0.25, 0.3) is 5.65 Å². The van der Waals surface area contributed by atoms with Crippen LogP contribution in [-0.4, -0.2) is 30.9 Å². The third-order valence-corrected chi connectivity index (χ3v) is 3.15. The molecule has 3 heterocycles. The van der Waals surface area contributed by atoms with Gasteiger partial charge in [-0.05, 0) is 40.5 Å². The molecule has 7 heteroatoms. The molecular weight excluding hydrogens is 308 g/mol. The van der Waals surface area contributed by atoms with Crippen LogP contribution >= 0.6 is 15.9 Å². The highest BCUT2D eigenvalue weighted by Crippen LogP contribution is 2.11. The Balaban J connectivity index is 1.65. The predicted molar refractivity (Wildman–Crippen MR) is 76.1 cm³/mol. The Labute approximate surface area is 118 Å². The molecule has 0 unspecified atom stereocenters. The number of hydrogen-bond donors (Lipinski definition) is 1. The van der Waals surface area contributed by atoms with Gasteiger partial charge in [0.1, 0.15) is 0 Å². The van der Waals surface area contributed by atoms with Crippen molar-refractivity contribution in [3.63, 3.8) is 0 Å². The molecule has 0 bridgehead atoms. The lowest BCUT2D eigenvalue weighted by molar-refractivity contribution is 0.635. The van der Waals surface area contributed by atoms with Gasteiger partial charge in [-0.2, -0.15) is 10.1 Å². The van der Waals surface area contributed by atoms with Crippen LogP contribution in [0.15, 0.2) is 35.2 Å². The molecule has 0 aliphatic carbocycles. The first kappa shape index (κ1) is 12.2. The molecule has 3 aromatic heterocycles. The largest absolute Gasteiger partial charge is 0.351 e. The maximum Gasteiger partial charge on any atom is 0.243 e. The monoisotopic (exact) mass is 320 g/mol. The standard InChI is InChI=1S/C12H13BrN6/c1-9-6-15-18(7-9)5-4-14-12-16-11-3-2-10(13)8-19(11)17-12/h2-3,6-8H,4-5H2,1H3,(H,14,17). The van der Waals surface area contributed by atoms with Gasteiger partial charge in [-0.3, -0.25) is 4.68 Å². The summed E-state index contributed by atoms with van der Waals surface area (Å²) in [6, 6.07) is 3.86. The quantitative estimate of drug-likeness (QED) is 0.799. The minimum atomic E-state index is 0.627. The van der Waals surface area contributed by atoms with Crippen molar-refractivity contribution in [1.82, 2.24) is 24.4 Å². The molecule has 6 nitrogen and oxygen atoms in total. The Morgan fingerprint density at radius 1 is 1.32 bits per heavy atom. The van der Waals surface area contributed by atoms with E-state index in [4.69, 9.17) is 0 Å². The number of nitrogens with zero attached hydrogens (tertiary/aromatic N) is 5. The number of halogens is 1. The topological polar surface area (TPSA) is 60.0 Å². The van der Waals surface area contributed by atoms with Crippen molar-refractivity contribution in [1.29, 1.82) is 0 Å². The molecule has 3 aromatic rings. The van der Waals surface area contributed by atoms with Gasteiger partial charge in [0.25, 0.3) is 0 Å². The van der Waals surface area contributed by atoms with E-state index in [0.717, 1.165) is 28.8 Å². The summed E-state index contributed by atoms with van der Waals surface area (Å²) in [4.78, 5) is 4.38. The first-order valence-electron chi connectivity index (χ1n) is 5.95. The van der Waals surface area contributed by atoms with Crippen LogP contribution in [0.1, 0.15) is 5.56 Å². The smallest absolute Gasteiger partial charge is 0.243 e. The van der Waals surface area contributed by atoms with E-state index in [9.17, 15) is 0 Å². The Kier molecular flexibility index (Phi) is 3.20. The molecule has 0 spiro atoms. The van der Waals surface area contributed by atoms with E-state index in [1.807, 2.05) is 42.3 Å². The number of pyridine rings is 1. The van der Waals surface area contributed by atoms with Crippen LogP contribution in [0.3, 0.4) is 0 Å². The molecule has 0 radical (unpaired) electrons. The van der Waals surface area contributed by atoms with Crippen LogP contribution in [0.5, 0.6) is 0 Å². The fourth-order valence-electron chi connectivity index (χ4n) is 1.80. The zero-order valence-corrected chi connectivity index (χ0v) is 12.0. The van der Waals surface area contributed by atoms with Crippen molar-refractivity contribution in [2.24, 2.45) is 0 Å². The van der Waals surface area contributed by atoms with Crippen LogP contribution < -0.4 is 5.32 Å². The van der Waals surface area contributed by atoms with Crippen molar-refractivity contribution in [2.45, 2.75) is 13.5 Å². The lowest BCUT2D eigenvalue weighted by Crippen LogP contribution is -2.11. The number of hydrogen-bond acceptors (Lipinski definition) is 4. The van der Waals surface area contributed by atoms with Gasteiger partial charge in [0, 0.05) is 23.4 Å². The Hall–Kier alpha value is -1.89. The fourth-order valence-corrected chi connectivity index (χ4v) is 2.13. The third kappa shape index (κ3) is 2.76. The van der Waals surface area contributed by atoms with Gasteiger partial charge in [0.2, 0.25) is 5.95 Å². The van der Waals surface area contributed by atoms with Crippen LogP contribution in [-0.2, 0) is 6.54 Å². The molecule has 0 aliphatic heterocycles. The molecule has 98 valence electrons. The number of anilines is 1. The Bertz CT molecular complexity index is 701. The van der Waals surface area contributed by atoms with Crippen molar-refractivity contribution in [3.05, 3.63) is 40.8 Å². The summed E-state index contributed by atoms with van der Waals surface area (Å²) in [6.45, 7) is 3.55. The molecule has 3 rings (SSSR count). The molecule has 0 aliphatic rings. The average molecular weight is 321 g/mol. The molecular formula is C12H13BrN6. The van der Waals surface area contributed by atoms with E-state index in [1.54, 1.807) is 4.52 Å². The second-order valence-corrected chi connectivity index (χ2v) is 5.21. The molecule has 0 saturated heterocycles. The van der Waals surface area contributed by atoms with Gasteiger partial charge < -0.3 is 5.32 Å². The van der Waals surface area contributed by atoms with Crippen LogP contribution in [0, 0.1) is 6.92 Å². The number of rotatable bonds is 4. The lowest BCUT2D eigenvalue weighted by Gasteiger charge is -2.01. The second kappa shape index (κ2) is 5.00. The van der Waals surface area contributed by atoms with Crippen molar-refractivity contribution >= 4 is 27.5 Å². The highest BCUT2D eigenvalue weighted by Gasteiger charge is 2.03.